The number of hydrogen-bond acceptors (Lipinski definition) is 4. The fourth-order valence-corrected chi connectivity index (χ4v) is 3.66. The van der Waals surface area contributed by atoms with Crippen LogP contribution in [-0.2, 0) is 19.3 Å². The van der Waals surface area contributed by atoms with E-state index in [0.717, 1.165) is 42.6 Å². The van der Waals surface area contributed by atoms with Crippen LogP contribution < -0.4 is 15.8 Å². The molecule has 0 fully saturated rings. The third kappa shape index (κ3) is 3.22. The van der Waals surface area contributed by atoms with Crippen molar-refractivity contribution in [3.05, 3.63) is 65.0 Å². The fourth-order valence-electron chi connectivity index (χ4n) is 3.66. The topological polar surface area (TPSA) is 82.2 Å². The SMILES string of the molecule is CCc1ccc(-n2nc(C(=O)Nc3cc(OC)ccc3N)c3c2CCC3)cc1. The normalized spacial score (nSPS) is 12.6. The van der Waals surface area contributed by atoms with Gasteiger partial charge in [-0.15, -0.1) is 0 Å². The number of hydrogen-bond donors (Lipinski definition) is 2. The van der Waals surface area contributed by atoms with Crippen LogP contribution in [0.5, 0.6) is 5.75 Å². The maximum atomic E-state index is 13.0. The van der Waals surface area contributed by atoms with E-state index in [1.54, 1.807) is 25.3 Å². The molecule has 0 spiro atoms. The molecule has 1 amide bonds. The Morgan fingerprint density at radius 3 is 2.71 bits per heavy atom. The maximum absolute atomic E-state index is 13.0. The van der Waals surface area contributed by atoms with Gasteiger partial charge in [0.1, 0.15) is 5.75 Å². The van der Waals surface area contributed by atoms with Gasteiger partial charge >= 0.3 is 0 Å². The first-order valence-electron chi connectivity index (χ1n) is 9.55. The molecule has 3 aromatic rings. The quantitative estimate of drug-likeness (QED) is 0.664. The summed E-state index contributed by atoms with van der Waals surface area (Å²) in [5.41, 5.74) is 11.9. The van der Waals surface area contributed by atoms with Crippen molar-refractivity contribution in [3.8, 4) is 11.4 Å². The first kappa shape index (κ1) is 18.1. The lowest BCUT2D eigenvalue weighted by Crippen LogP contribution is -2.16. The second-order valence-electron chi connectivity index (χ2n) is 6.97. The summed E-state index contributed by atoms with van der Waals surface area (Å²) in [6.45, 7) is 2.13. The molecule has 0 saturated heterocycles. The van der Waals surface area contributed by atoms with E-state index in [1.165, 1.54) is 5.56 Å². The summed E-state index contributed by atoms with van der Waals surface area (Å²) in [4.78, 5) is 13.0. The van der Waals surface area contributed by atoms with Crippen molar-refractivity contribution >= 4 is 17.3 Å². The first-order chi connectivity index (χ1) is 13.6. The van der Waals surface area contributed by atoms with Gasteiger partial charge in [-0.05, 0) is 55.5 Å². The van der Waals surface area contributed by atoms with Crippen molar-refractivity contribution in [2.45, 2.75) is 32.6 Å². The molecular weight excluding hydrogens is 352 g/mol. The molecule has 0 atom stereocenters. The van der Waals surface area contributed by atoms with Crippen LogP contribution in [0.2, 0.25) is 0 Å². The number of methoxy groups -OCH3 is 1. The van der Waals surface area contributed by atoms with E-state index in [4.69, 9.17) is 10.5 Å². The molecule has 28 heavy (non-hydrogen) atoms. The Balaban J connectivity index is 1.68. The number of fused-ring (bicyclic) bond motifs is 1. The van der Waals surface area contributed by atoms with Crippen LogP contribution in [0.1, 0.15) is 40.7 Å². The predicted molar refractivity (Wildman–Crippen MR) is 110 cm³/mol. The molecule has 0 bridgehead atoms. The Bertz CT molecular complexity index is 1020. The van der Waals surface area contributed by atoms with Crippen LogP contribution in [0.3, 0.4) is 0 Å². The number of nitrogen functional groups attached to an aromatic ring is 1. The highest BCUT2D eigenvalue weighted by atomic mass is 16.5. The maximum Gasteiger partial charge on any atom is 0.276 e. The molecule has 1 heterocycles. The number of aromatic nitrogens is 2. The van der Waals surface area contributed by atoms with Crippen LogP contribution in [0.15, 0.2) is 42.5 Å². The summed E-state index contributed by atoms with van der Waals surface area (Å²) >= 11 is 0. The van der Waals surface area contributed by atoms with E-state index < -0.39 is 0 Å². The zero-order valence-corrected chi connectivity index (χ0v) is 16.2. The van der Waals surface area contributed by atoms with Crippen LogP contribution in [0, 0.1) is 0 Å². The fraction of sp³-hybridized carbons (Fsp3) is 0.273. The van der Waals surface area contributed by atoms with Crippen LogP contribution in [0.4, 0.5) is 11.4 Å². The second kappa shape index (κ2) is 7.38. The van der Waals surface area contributed by atoms with Crippen LogP contribution >= 0.6 is 0 Å². The lowest BCUT2D eigenvalue weighted by Gasteiger charge is -2.09. The number of carbonyl (C=O) groups excluding carboxylic acids is 1. The number of anilines is 2. The van der Waals surface area contributed by atoms with Gasteiger partial charge in [-0.1, -0.05) is 19.1 Å². The molecule has 0 unspecified atom stereocenters. The Labute approximate surface area is 164 Å². The van der Waals surface area contributed by atoms with Gasteiger partial charge in [-0.3, -0.25) is 4.79 Å². The van der Waals surface area contributed by atoms with Crippen molar-refractivity contribution in [2.24, 2.45) is 0 Å². The van der Waals surface area contributed by atoms with Crippen molar-refractivity contribution in [1.29, 1.82) is 0 Å². The van der Waals surface area contributed by atoms with Crippen molar-refractivity contribution < 1.29 is 9.53 Å². The largest absolute Gasteiger partial charge is 0.497 e. The smallest absolute Gasteiger partial charge is 0.276 e. The van der Waals surface area contributed by atoms with E-state index in [1.807, 2.05) is 4.68 Å². The monoisotopic (exact) mass is 376 g/mol. The van der Waals surface area contributed by atoms with Gasteiger partial charge in [0.2, 0.25) is 0 Å². The number of nitrogens with zero attached hydrogens (tertiary/aromatic N) is 2. The summed E-state index contributed by atoms with van der Waals surface area (Å²) in [6, 6.07) is 13.5. The van der Waals surface area contributed by atoms with Crippen molar-refractivity contribution in [2.75, 3.05) is 18.2 Å². The van der Waals surface area contributed by atoms with E-state index in [9.17, 15) is 4.79 Å². The minimum absolute atomic E-state index is 0.248. The Kier molecular flexibility index (Phi) is 4.77. The highest BCUT2D eigenvalue weighted by Crippen LogP contribution is 2.30. The van der Waals surface area contributed by atoms with E-state index in [0.29, 0.717) is 22.8 Å². The van der Waals surface area contributed by atoms with Gasteiger partial charge < -0.3 is 15.8 Å². The summed E-state index contributed by atoms with van der Waals surface area (Å²) in [5.74, 6) is 0.387. The molecule has 6 heteroatoms. The predicted octanol–water partition coefficient (Wildman–Crippen LogP) is 3.77. The average molecular weight is 376 g/mol. The zero-order chi connectivity index (χ0) is 19.7. The number of nitrogens with one attached hydrogen (secondary N) is 1. The Hall–Kier alpha value is -3.28. The van der Waals surface area contributed by atoms with Gasteiger partial charge in [0.25, 0.3) is 5.91 Å². The third-order valence-electron chi connectivity index (χ3n) is 5.24. The van der Waals surface area contributed by atoms with Gasteiger partial charge in [0.05, 0.1) is 24.2 Å². The molecule has 1 aliphatic carbocycles. The summed E-state index contributed by atoms with van der Waals surface area (Å²) in [6.07, 6.45) is 3.81. The molecule has 2 aromatic carbocycles. The number of rotatable bonds is 5. The Morgan fingerprint density at radius 2 is 2.00 bits per heavy atom. The standard InChI is InChI=1S/C22H24N4O2/c1-3-14-7-9-15(10-8-14)26-20-6-4-5-17(20)21(25-26)22(27)24-19-13-16(28-2)11-12-18(19)23/h7-13H,3-6,23H2,1-2H3,(H,24,27). The number of carbonyl (C=O) groups is 1. The van der Waals surface area contributed by atoms with Gasteiger partial charge in [-0.2, -0.15) is 5.10 Å². The average Bonchev–Trinajstić information content (AvgIpc) is 3.32. The second-order valence-corrected chi connectivity index (χ2v) is 6.97. The molecule has 144 valence electrons. The summed E-state index contributed by atoms with van der Waals surface area (Å²) in [5, 5.41) is 7.55. The molecule has 3 N–H and O–H groups in total. The van der Waals surface area contributed by atoms with Gasteiger partial charge in [0.15, 0.2) is 5.69 Å². The van der Waals surface area contributed by atoms with Crippen molar-refractivity contribution in [1.82, 2.24) is 9.78 Å². The van der Waals surface area contributed by atoms with E-state index >= 15 is 0 Å². The lowest BCUT2D eigenvalue weighted by atomic mass is 10.1. The lowest BCUT2D eigenvalue weighted by molar-refractivity contribution is 0.102. The Morgan fingerprint density at radius 1 is 1.21 bits per heavy atom. The van der Waals surface area contributed by atoms with Gasteiger partial charge in [-0.25, -0.2) is 4.68 Å². The molecule has 0 aliphatic heterocycles. The molecule has 1 aromatic heterocycles. The van der Waals surface area contributed by atoms with E-state index in [-0.39, 0.29) is 5.91 Å². The first-order valence-corrected chi connectivity index (χ1v) is 9.55. The minimum Gasteiger partial charge on any atom is -0.497 e. The molecule has 6 nitrogen and oxygen atoms in total. The van der Waals surface area contributed by atoms with Crippen LogP contribution in [-0.4, -0.2) is 22.8 Å². The number of aryl methyl sites for hydroxylation is 1. The van der Waals surface area contributed by atoms with Crippen molar-refractivity contribution in [3.63, 3.8) is 0 Å². The highest BCUT2D eigenvalue weighted by molar-refractivity contribution is 6.05. The number of benzene rings is 2. The van der Waals surface area contributed by atoms with Gasteiger partial charge in [0, 0.05) is 17.3 Å². The molecule has 4 rings (SSSR count). The number of amides is 1. The molecular formula is C22H24N4O2. The highest BCUT2D eigenvalue weighted by Gasteiger charge is 2.27. The van der Waals surface area contributed by atoms with E-state index in [2.05, 4.69) is 41.6 Å². The third-order valence-corrected chi connectivity index (χ3v) is 5.24. The minimum atomic E-state index is -0.248. The molecule has 1 aliphatic rings. The van der Waals surface area contributed by atoms with Crippen LogP contribution in [0.25, 0.3) is 5.69 Å². The summed E-state index contributed by atoms with van der Waals surface area (Å²) < 4.78 is 7.13. The zero-order valence-electron chi connectivity index (χ0n) is 16.2. The summed E-state index contributed by atoms with van der Waals surface area (Å²) in [7, 11) is 1.58. The molecule has 0 radical (unpaired) electrons. The number of ether oxygens (including phenoxy) is 1. The number of nitrogens with two attached hydrogens (primary N) is 1. The molecule has 0 saturated carbocycles.